The van der Waals surface area contributed by atoms with E-state index in [2.05, 4.69) is 34.5 Å². The van der Waals surface area contributed by atoms with Crippen molar-refractivity contribution >= 4 is 29.1 Å². The Labute approximate surface area is 179 Å². The van der Waals surface area contributed by atoms with Crippen LogP contribution < -0.4 is 0 Å². The first kappa shape index (κ1) is 20.0. The Morgan fingerprint density at radius 2 is 1.93 bits per heavy atom. The molecule has 1 N–H and O–H groups in total. The van der Waals surface area contributed by atoms with Crippen molar-refractivity contribution in [2.45, 2.75) is 19.4 Å². The van der Waals surface area contributed by atoms with Crippen LogP contribution in [0.4, 0.5) is 0 Å². The van der Waals surface area contributed by atoms with Crippen LogP contribution in [0.15, 0.2) is 42.5 Å². The van der Waals surface area contributed by atoms with E-state index in [1.807, 2.05) is 17.9 Å². The van der Waals surface area contributed by atoms with E-state index < -0.39 is 0 Å². The maximum Gasteiger partial charge on any atom is 0.273 e. The summed E-state index contributed by atoms with van der Waals surface area (Å²) in [5.74, 6) is -0.0643. The monoisotopic (exact) mass is 429 g/mol. The molecule has 0 spiro atoms. The Kier molecular flexibility index (Phi) is 5.63. The average Bonchev–Trinajstić information content (AvgIpc) is 3.23. The van der Waals surface area contributed by atoms with Gasteiger partial charge in [0, 0.05) is 36.4 Å². The molecule has 5 nitrogen and oxygen atoms in total. The minimum Gasteiger partial charge on any atom is -0.385 e. The van der Waals surface area contributed by atoms with E-state index in [0.717, 1.165) is 28.7 Å². The van der Waals surface area contributed by atoms with Gasteiger partial charge in [-0.25, -0.2) is 0 Å². The van der Waals surface area contributed by atoms with E-state index in [0.29, 0.717) is 34.6 Å². The molecular formula is C22H21Cl2N3O2. The molecule has 0 saturated carbocycles. The average molecular weight is 430 g/mol. The maximum absolute atomic E-state index is 13.2. The number of nitrogens with one attached hydrogen (secondary N) is 1. The van der Waals surface area contributed by atoms with E-state index in [1.165, 1.54) is 0 Å². The molecule has 0 radical (unpaired) electrons. The standard InChI is InChI=1S/C22H21Cl2N3O2/c1-13-4-6-14(7-5-13)21-18-19(16-9-8-15(23)12-17(16)24)25-26-20(18)22(28)27(21)10-3-11-29-2/h4-9,12,21H,3,10-11H2,1-2H3,(H,25,26). The molecule has 0 saturated heterocycles. The summed E-state index contributed by atoms with van der Waals surface area (Å²) in [6, 6.07) is 13.3. The molecule has 1 aromatic heterocycles. The summed E-state index contributed by atoms with van der Waals surface area (Å²) in [5, 5.41) is 8.45. The number of methoxy groups -OCH3 is 1. The van der Waals surface area contributed by atoms with Gasteiger partial charge in [-0.3, -0.25) is 9.89 Å². The number of aromatic nitrogens is 2. The largest absolute Gasteiger partial charge is 0.385 e. The van der Waals surface area contributed by atoms with Crippen molar-refractivity contribution in [3.05, 3.63) is 74.9 Å². The van der Waals surface area contributed by atoms with Crippen LogP contribution in [0.5, 0.6) is 0 Å². The van der Waals surface area contributed by atoms with Gasteiger partial charge in [0.25, 0.3) is 5.91 Å². The predicted molar refractivity (Wildman–Crippen MR) is 115 cm³/mol. The third kappa shape index (κ3) is 3.66. The van der Waals surface area contributed by atoms with E-state index in [1.54, 1.807) is 19.2 Å². The number of H-pyrrole nitrogens is 1. The fourth-order valence-corrected chi connectivity index (χ4v) is 4.29. The zero-order valence-electron chi connectivity index (χ0n) is 16.2. The lowest BCUT2D eigenvalue weighted by Gasteiger charge is -2.26. The van der Waals surface area contributed by atoms with Gasteiger partial charge in [0.1, 0.15) is 11.4 Å². The Balaban J connectivity index is 1.83. The first-order chi connectivity index (χ1) is 14.0. The van der Waals surface area contributed by atoms with Crippen LogP contribution in [-0.4, -0.2) is 41.3 Å². The number of halogens is 2. The van der Waals surface area contributed by atoms with Crippen molar-refractivity contribution in [2.75, 3.05) is 20.3 Å². The normalized spacial score (nSPS) is 15.8. The van der Waals surface area contributed by atoms with E-state index in [4.69, 9.17) is 27.9 Å². The van der Waals surface area contributed by atoms with Crippen LogP contribution in [-0.2, 0) is 4.74 Å². The summed E-state index contributed by atoms with van der Waals surface area (Å²) in [4.78, 5) is 15.1. The molecule has 2 heterocycles. The number of aromatic amines is 1. The fraction of sp³-hybridized carbons (Fsp3) is 0.273. The lowest BCUT2D eigenvalue weighted by atomic mass is 9.95. The summed E-state index contributed by atoms with van der Waals surface area (Å²) in [7, 11) is 1.66. The van der Waals surface area contributed by atoms with Crippen molar-refractivity contribution in [3.63, 3.8) is 0 Å². The Bertz CT molecular complexity index is 1050. The van der Waals surface area contributed by atoms with Crippen LogP contribution in [0.1, 0.15) is 39.6 Å². The van der Waals surface area contributed by atoms with E-state index in [-0.39, 0.29) is 11.9 Å². The molecule has 150 valence electrons. The van der Waals surface area contributed by atoms with Gasteiger partial charge in [-0.05, 0) is 37.1 Å². The molecule has 7 heteroatoms. The second-order valence-corrected chi connectivity index (χ2v) is 7.99. The van der Waals surface area contributed by atoms with Gasteiger partial charge in [-0.2, -0.15) is 5.10 Å². The number of rotatable bonds is 6. The SMILES string of the molecule is COCCCN1C(=O)c2[nH]nc(-c3ccc(Cl)cc3Cl)c2C1c1ccc(C)cc1. The third-order valence-electron chi connectivity index (χ3n) is 5.19. The summed E-state index contributed by atoms with van der Waals surface area (Å²) >= 11 is 12.5. The number of hydrogen-bond acceptors (Lipinski definition) is 3. The highest BCUT2D eigenvalue weighted by Gasteiger charge is 2.42. The molecule has 1 unspecified atom stereocenters. The number of hydrogen-bond donors (Lipinski definition) is 1. The molecule has 0 fully saturated rings. The van der Waals surface area contributed by atoms with Crippen LogP contribution in [0.3, 0.4) is 0 Å². The minimum atomic E-state index is -0.240. The number of nitrogens with zero attached hydrogens (tertiary/aromatic N) is 2. The maximum atomic E-state index is 13.2. The van der Waals surface area contributed by atoms with Crippen LogP contribution >= 0.6 is 23.2 Å². The third-order valence-corrected chi connectivity index (χ3v) is 5.74. The van der Waals surface area contributed by atoms with Crippen molar-refractivity contribution < 1.29 is 9.53 Å². The highest BCUT2D eigenvalue weighted by atomic mass is 35.5. The van der Waals surface area contributed by atoms with Gasteiger partial charge in [0.15, 0.2) is 0 Å². The fourth-order valence-electron chi connectivity index (χ4n) is 3.79. The summed E-state index contributed by atoms with van der Waals surface area (Å²) in [6.07, 6.45) is 0.749. The number of fused-ring (bicyclic) bond motifs is 1. The molecule has 1 aliphatic rings. The van der Waals surface area contributed by atoms with Gasteiger partial charge in [0.05, 0.1) is 11.1 Å². The van der Waals surface area contributed by atoms with Gasteiger partial charge >= 0.3 is 0 Å². The second-order valence-electron chi connectivity index (χ2n) is 7.14. The Morgan fingerprint density at radius 3 is 2.62 bits per heavy atom. The molecule has 29 heavy (non-hydrogen) atoms. The first-order valence-electron chi connectivity index (χ1n) is 9.41. The van der Waals surface area contributed by atoms with Gasteiger partial charge < -0.3 is 9.64 Å². The Morgan fingerprint density at radius 1 is 1.17 bits per heavy atom. The smallest absolute Gasteiger partial charge is 0.273 e. The lowest BCUT2D eigenvalue weighted by Crippen LogP contribution is -2.31. The van der Waals surface area contributed by atoms with Crippen molar-refractivity contribution in [3.8, 4) is 11.3 Å². The second kappa shape index (κ2) is 8.19. The van der Waals surface area contributed by atoms with Crippen molar-refractivity contribution in [2.24, 2.45) is 0 Å². The number of aryl methyl sites for hydroxylation is 1. The van der Waals surface area contributed by atoms with Gasteiger partial charge in [-0.1, -0.05) is 53.0 Å². The van der Waals surface area contributed by atoms with Crippen LogP contribution in [0.25, 0.3) is 11.3 Å². The molecular weight excluding hydrogens is 409 g/mol. The molecule has 0 aliphatic carbocycles. The van der Waals surface area contributed by atoms with Gasteiger partial charge in [0.2, 0.25) is 0 Å². The number of carbonyl (C=O) groups is 1. The topological polar surface area (TPSA) is 58.2 Å². The van der Waals surface area contributed by atoms with E-state index in [9.17, 15) is 4.79 Å². The zero-order chi connectivity index (χ0) is 20.5. The molecule has 4 rings (SSSR count). The van der Waals surface area contributed by atoms with E-state index >= 15 is 0 Å². The predicted octanol–water partition coefficient (Wildman–Crippen LogP) is 5.27. The quantitative estimate of drug-likeness (QED) is 0.542. The highest BCUT2D eigenvalue weighted by molar-refractivity contribution is 6.36. The first-order valence-corrected chi connectivity index (χ1v) is 10.2. The van der Waals surface area contributed by atoms with Gasteiger partial charge in [-0.15, -0.1) is 0 Å². The highest BCUT2D eigenvalue weighted by Crippen LogP contribution is 2.44. The minimum absolute atomic E-state index is 0.0643. The summed E-state index contributed by atoms with van der Waals surface area (Å²) in [6.45, 7) is 3.22. The molecule has 1 aliphatic heterocycles. The lowest BCUT2D eigenvalue weighted by molar-refractivity contribution is 0.0723. The Hall–Kier alpha value is -2.34. The molecule has 0 bridgehead atoms. The molecule has 3 aromatic rings. The van der Waals surface area contributed by atoms with Crippen molar-refractivity contribution in [1.29, 1.82) is 0 Å². The van der Waals surface area contributed by atoms with Crippen molar-refractivity contribution in [1.82, 2.24) is 15.1 Å². The number of amides is 1. The number of carbonyl (C=O) groups excluding carboxylic acids is 1. The summed E-state index contributed by atoms with van der Waals surface area (Å²) in [5.41, 5.74) is 4.98. The zero-order valence-corrected chi connectivity index (χ0v) is 17.7. The number of ether oxygens (including phenoxy) is 1. The molecule has 2 aromatic carbocycles. The van der Waals surface area contributed by atoms with Crippen LogP contribution in [0, 0.1) is 6.92 Å². The molecule has 1 amide bonds. The number of benzene rings is 2. The summed E-state index contributed by atoms with van der Waals surface area (Å²) < 4.78 is 5.18. The van der Waals surface area contributed by atoms with Crippen LogP contribution in [0.2, 0.25) is 10.0 Å². The molecule has 1 atom stereocenters.